The van der Waals surface area contributed by atoms with E-state index in [2.05, 4.69) is 10.3 Å². The van der Waals surface area contributed by atoms with Crippen molar-refractivity contribution in [1.82, 2.24) is 9.88 Å². The first-order valence-corrected chi connectivity index (χ1v) is 8.31. The molecule has 6 nitrogen and oxygen atoms in total. The van der Waals surface area contributed by atoms with Gasteiger partial charge >= 0.3 is 0 Å². The van der Waals surface area contributed by atoms with Gasteiger partial charge in [-0.15, -0.1) is 0 Å². The monoisotopic (exact) mass is 339 g/mol. The Morgan fingerprint density at radius 2 is 1.92 bits per heavy atom. The van der Waals surface area contributed by atoms with E-state index >= 15 is 0 Å². The summed E-state index contributed by atoms with van der Waals surface area (Å²) in [5, 5.41) is 2.83. The van der Waals surface area contributed by atoms with Crippen LogP contribution in [0.5, 0.6) is 0 Å². The number of H-pyrrole nitrogens is 1. The van der Waals surface area contributed by atoms with Gasteiger partial charge in [-0.3, -0.25) is 14.4 Å². The molecule has 1 aromatic heterocycles. The van der Waals surface area contributed by atoms with Crippen LogP contribution in [0.2, 0.25) is 0 Å². The van der Waals surface area contributed by atoms with Gasteiger partial charge in [-0.1, -0.05) is 12.1 Å². The number of rotatable bonds is 4. The first-order valence-electron chi connectivity index (χ1n) is 8.31. The molecule has 6 heteroatoms. The highest BCUT2D eigenvalue weighted by molar-refractivity contribution is 6.13. The fourth-order valence-corrected chi connectivity index (χ4v) is 2.99. The molecule has 0 spiro atoms. The Hall–Kier alpha value is -2.89. The lowest BCUT2D eigenvalue weighted by molar-refractivity contribution is -0.128. The van der Waals surface area contributed by atoms with Crippen LogP contribution in [0.1, 0.15) is 51.7 Å². The molecule has 25 heavy (non-hydrogen) atoms. The summed E-state index contributed by atoms with van der Waals surface area (Å²) in [5.41, 5.74) is 3.41. The highest BCUT2D eigenvalue weighted by atomic mass is 16.2. The fourth-order valence-electron chi connectivity index (χ4n) is 2.99. The van der Waals surface area contributed by atoms with E-state index in [4.69, 9.17) is 0 Å². The van der Waals surface area contributed by atoms with Crippen LogP contribution in [0, 0.1) is 0 Å². The predicted octanol–water partition coefficient (Wildman–Crippen LogP) is 2.76. The van der Waals surface area contributed by atoms with Crippen LogP contribution >= 0.6 is 0 Å². The Labute approximate surface area is 146 Å². The van der Waals surface area contributed by atoms with Crippen LogP contribution in [0.4, 0.5) is 5.69 Å². The van der Waals surface area contributed by atoms with E-state index in [0.717, 1.165) is 24.1 Å². The zero-order valence-corrected chi connectivity index (χ0v) is 14.4. The van der Waals surface area contributed by atoms with Crippen molar-refractivity contribution in [3.05, 3.63) is 52.8 Å². The Morgan fingerprint density at radius 1 is 1.20 bits per heavy atom. The Morgan fingerprint density at radius 3 is 2.60 bits per heavy atom. The Kier molecular flexibility index (Phi) is 4.70. The van der Waals surface area contributed by atoms with Crippen LogP contribution in [-0.4, -0.2) is 34.5 Å². The van der Waals surface area contributed by atoms with E-state index in [1.54, 1.807) is 30.3 Å². The SMILES string of the molecule is CC(=O)N(C)Cc1ccc(NC(=O)c2c[nH]c3c2C(=O)CCC3)cc1. The number of ketones is 1. The first-order chi connectivity index (χ1) is 12.0. The molecule has 2 N–H and O–H groups in total. The molecule has 1 aliphatic carbocycles. The number of nitrogens with zero attached hydrogens (tertiary/aromatic N) is 1. The lowest BCUT2D eigenvalue weighted by atomic mass is 9.93. The molecule has 0 unspecified atom stereocenters. The molecule has 1 aliphatic rings. The highest BCUT2D eigenvalue weighted by Crippen LogP contribution is 2.24. The highest BCUT2D eigenvalue weighted by Gasteiger charge is 2.25. The number of aromatic nitrogens is 1. The number of anilines is 1. The van der Waals surface area contributed by atoms with Crippen molar-refractivity contribution < 1.29 is 14.4 Å². The molecule has 0 saturated heterocycles. The third kappa shape index (κ3) is 3.63. The van der Waals surface area contributed by atoms with E-state index in [9.17, 15) is 14.4 Å². The number of benzene rings is 1. The predicted molar refractivity (Wildman–Crippen MR) is 94.6 cm³/mol. The second-order valence-electron chi connectivity index (χ2n) is 6.36. The van der Waals surface area contributed by atoms with E-state index in [1.165, 1.54) is 6.92 Å². The second kappa shape index (κ2) is 6.93. The second-order valence-corrected chi connectivity index (χ2v) is 6.36. The lowest BCUT2D eigenvalue weighted by Gasteiger charge is -2.15. The third-order valence-electron chi connectivity index (χ3n) is 4.49. The van der Waals surface area contributed by atoms with Gasteiger partial charge in [0, 0.05) is 44.5 Å². The number of Topliss-reactive ketones (excluding diaryl/α,β-unsaturated/α-hetero) is 1. The van der Waals surface area contributed by atoms with Gasteiger partial charge in [0.1, 0.15) is 0 Å². The van der Waals surface area contributed by atoms with Crippen LogP contribution < -0.4 is 5.32 Å². The van der Waals surface area contributed by atoms with Crippen LogP contribution in [-0.2, 0) is 17.8 Å². The number of hydrogen-bond donors (Lipinski definition) is 2. The normalized spacial score (nSPS) is 13.3. The van der Waals surface area contributed by atoms with Gasteiger partial charge in [0.2, 0.25) is 5.91 Å². The third-order valence-corrected chi connectivity index (χ3v) is 4.49. The zero-order chi connectivity index (χ0) is 18.0. The minimum Gasteiger partial charge on any atom is -0.364 e. The van der Waals surface area contributed by atoms with E-state index in [-0.39, 0.29) is 17.6 Å². The molecule has 2 aromatic rings. The van der Waals surface area contributed by atoms with E-state index < -0.39 is 0 Å². The summed E-state index contributed by atoms with van der Waals surface area (Å²) in [4.78, 5) is 40.5. The van der Waals surface area contributed by atoms with E-state index in [0.29, 0.717) is 29.8 Å². The quantitative estimate of drug-likeness (QED) is 0.898. The molecular weight excluding hydrogens is 318 g/mol. The topological polar surface area (TPSA) is 82.3 Å². The number of amides is 2. The van der Waals surface area contributed by atoms with Crippen molar-refractivity contribution in [2.45, 2.75) is 32.7 Å². The summed E-state index contributed by atoms with van der Waals surface area (Å²) < 4.78 is 0. The molecule has 1 heterocycles. The van der Waals surface area contributed by atoms with Crippen LogP contribution in [0.15, 0.2) is 30.5 Å². The molecule has 3 rings (SSSR count). The van der Waals surface area contributed by atoms with Gasteiger partial charge in [-0.25, -0.2) is 0 Å². The number of nitrogens with one attached hydrogen (secondary N) is 2. The average molecular weight is 339 g/mol. The molecule has 0 radical (unpaired) electrons. The van der Waals surface area contributed by atoms with Gasteiger partial charge in [0.05, 0.1) is 11.1 Å². The van der Waals surface area contributed by atoms with Crippen molar-refractivity contribution in [3.8, 4) is 0 Å². The average Bonchev–Trinajstić information content (AvgIpc) is 3.02. The number of hydrogen-bond acceptors (Lipinski definition) is 3. The van der Waals surface area contributed by atoms with Gasteiger partial charge in [-0.05, 0) is 30.5 Å². The van der Waals surface area contributed by atoms with Crippen molar-refractivity contribution >= 4 is 23.3 Å². The van der Waals surface area contributed by atoms with Gasteiger partial charge in [-0.2, -0.15) is 0 Å². The minimum atomic E-state index is -0.290. The molecule has 0 fully saturated rings. The summed E-state index contributed by atoms with van der Waals surface area (Å²) in [5.74, 6) is -0.268. The maximum Gasteiger partial charge on any atom is 0.257 e. The van der Waals surface area contributed by atoms with Crippen LogP contribution in [0.3, 0.4) is 0 Å². The molecule has 0 aliphatic heterocycles. The number of aromatic amines is 1. The van der Waals surface area contributed by atoms with Crippen molar-refractivity contribution in [1.29, 1.82) is 0 Å². The van der Waals surface area contributed by atoms with Crippen molar-refractivity contribution in [3.63, 3.8) is 0 Å². The minimum absolute atomic E-state index is 0.000669. The first kappa shape index (κ1) is 17.0. The van der Waals surface area contributed by atoms with Crippen molar-refractivity contribution in [2.75, 3.05) is 12.4 Å². The Balaban J connectivity index is 1.71. The fraction of sp³-hybridized carbons (Fsp3) is 0.316. The summed E-state index contributed by atoms with van der Waals surface area (Å²) in [6, 6.07) is 7.32. The van der Waals surface area contributed by atoms with Gasteiger partial charge < -0.3 is 15.2 Å². The lowest BCUT2D eigenvalue weighted by Crippen LogP contribution is -2.23. The number of fused-ring (bicyclic) bond motifs is 1. The summed E-state index contributed by atoms with van der Waals surface area (Å²) in [6.07, 6.45) is 3.72. The van der Waals surface area contributed by atoms with Crippen LogP contribution in [0.25, 0.3) is 0 Å². The van der Waals surface area contributed by atoms with Gasteiger partial charge in [0.25, 0.3) is 5.91 Å². The molecule has 0 saturated carbocycles. The largest absolute Gasteiger partial charge is 0.364 e. The van der Waals surface area contributed by atoms with Gasteiger partial charge in [0.15, 0.2) is 5.78 Å². The smallest absolute Gasteiger partial charge is 0.257 e. The molecule has 2 amide bonds. The maximum atomic E-state index is 12.5. The van der Waals surface area contributed by atoms with Crippen molar-refractivity contribution in [2.24, 2.45) is 0 Å². The molecule has 130 valence electrons. The summed E-state index contributed by atoms with van der Waals surface area (Å²) >= 11 is 0. The zero-order valence-electron chi connectivity index (χ0n) is 14.4. The van der Waals surface area contributed by atoms with E-state index in [1.807, 2.05) is 12.1 Å². The molecule has 0 bridgehead atoms. The Bertz CT molecular complexity index is 821. The molecule has 0 atom stereocenters. The summed E-state index contributed by atoms with van der Waals surface area (Å²) in [6.45, 7) is 2.04. The number of carbonyl (C=O) groups is 3. The maximum absolute atomic E-state index is 12.5. The standard InChI is InChI=1S/C19H21N3O3/c1-12(23)22(2)11-13-6-8-14(9-7-13)21-19(25)15-10-20-16-4-3-5-17(24)18(15)16/h6-10,20H,3-5,11H2,1-2H3,(H,21,25). The molecule has 1 aromatic carbocycles. The number of carbonyl (C=O) groups excluding carboxylic acids is 3. The molecular formula is C19H21N3O3. The number of aryl methyl sites for hydroxylation is 1. The summed E-state index contributed by atoms with van der Waals surface area (Å²) in [7, 11) is 1.74.